The highest BCUT2D eigenvalue weighted by Crippen LogP contribution is 2.34. The average Bonchev–Trinajstić information content (AvgIpc) is 2.66. The number of anilines is 1. The lowest BCUT2D eigenvalue weighted by atomic mass is 10.1. The molecular formula is C19H15BrN2O4S. The number of hydrogen-bond acceptors (Lipinski definition) is 5. The van der Waals surface area contributed by atoms with Crippen molar-refractivity contribution in [2.24, 2.45) is 0 Å². The second kappa shape index (κ2) is 7.89. The quantitative estimate of drug-likeness (QED) is 0.443. The number of nitrogens with one attached hydrogen (secondary N) is 1. The van der Waals surface area contributed by atoms with E-state index in [2.05, 4.69) is 21.2 Å². The molecule has 8 heteroatoms. The Balaban J connectivity index is 2.06. The molecule has 0 spiro atoms. The first kappa shape index (κ1) is 19.1. The molecule has 0 aliphatic carbocycles. The molecule has 1 N–H and O–H groups in total. The van der Waals surface area contributed by atoms with Gasteiger partial charge in [-0.1, -0.05) is 34.1 Å². The van der Waals surface area contributed by atoms with E-state index in [1.54, 1.807) is 36.4 Å². The normalized spacial score (nSPS) is 15.7. The van der Waals surface area contributed by atoms with Crippen LogP contribution < -0.4 is 19.7 Å². The molecule has 0 aromatic heterocycles. The zero-order valence-corrected chi connectivity index (χ0v) is 16.9. The van der Waals surface area contributed by atoms with E-state index in [0.29, 0.717) is 27.2 Å². The van der Waals surface area contributed by atoms with Crippen molar-refractivity contribution in [1.82, 2.24) is 5.32 Å². The predicted octanol–water partition coefficient (Wildman–Crippen LogP) is 3.30. The van der Waals surface area contributed by atoms with Crippen LogP contribution in [-0.4, -0.2) is 31.1 Å². The molecule has 0 bridgehead atoms. The molecule has 2 aromatic rings. The summed E-state index contributed by atoms with van der Waals surface area (Å²) in [5.41, 5.74) is 1.12. The minimum Gasteiger partial charge on any atom is -0.493 e. The van der Waals surface area contributed by atoms with E-state index in [1.165, 1.54) is 25.2 Å². The Labute approximate surface area is 169 Å². The number of ether oxygens (including phenoxy) is 2. The summed E-state index contributed by atoms with van der Waals surface area (Å²) in [4.78, 5) is 26.7. The highest BCUT2D eigenvalue weighted by Gasteiger charge is 2.34. The van der Waals surface area contributed by atoms with Gasteiger partial charge in [-0.25, -0.2) is 0 Å². The molecule has 1 aliphatic heterocycles. The number of benzene rings is 2. The Hall–Kier alpha value is -2.71. The maximum atomic E-state index is 13.0. The van der Waals surface area contributed by atoms with Crippen molar-refractivity contribution in [3.05, 3.63) is 58.1 Å². The molecule has 1 aliphatic rings. The maximum Gasteiger partial charge on any atom is 0.270 e. The lowest BCUT2D eigenvalue weighted by Gasteiger charge is -2.28. The highest BCUT2D eigenvalue weighted by molar-refractivity contribution is 9.10. The van der Waals surface area contributed by atoms with Gasteiger partial charge in [0.2, 0.25) is 0 Å². The van der Waals surface area contributed by atoms with Gasteiger partial charge in [0.15, 0.2) is 16.6 Å². The number of methoxy groups -OCH3 is 2. The van der Waals surface area contributed by atoms with Crippen molar-refractivity contribution in [2.75, 3.05) is 19.1 Å². The first-order valence-corrected chi connectivity index (χ1v) is 9.04. The van der Waals surface area contributed by atoms with Crippen molar-refractivity contribution in [2.45, 2.75) is 0 Å². The summed E-state index contributed by atoms with van der Waals surface area (Å²) in [5.74, 6) is -0.0554. The van der Waals surface area contributed by atoms with Crippen LogP contribution >= 0.6 is 28.1 Å². The van der Waals surface area contributed by atoms with Crippen molar-refractivity contribution in [1.29, 1.82) is 0 Å². The second-order valence-electron chi connectivity index (χ2n) is 5.52. The van der Waals surface area contributed by atoms with Gasteiger partial charge in [0.25, 0.3) is 11.8 Å². The molecule has 0 atom stereocenters. The second-order valence-corrected chi connectivity index (χ2v) is 6.76. The fraction of sp³-hybridized carbons (Fsp3) is 0.105. The van der Waals surface area contributed by atoms with Gasteiger partial charge in [-0.05, 0) is 48.1 Å². The van der Waals surface area contributed by atoms with Crippen LogP contribution in [0, 0.1) is 0 Å². The minimum absolute atomic E-state index is 0.0413. The van der Waals surface area contributed by atoms with E-state index in [9.17, 15) is 9.59 Å². The molecular weight excluding hydrogens is 432 g/mol. The molecule has 1 fully saturated rings. The van der Waals surface area contributed by atoms with E-state index in [1.807, 2.05) is 6.07 Å². The van der Waals surface area contributed by atoms with Gasteiger partial charge in [0.1, 0.15) is 5.57 Å². The molecule has 1 saturated heterocycles. The van der Waals surface area contributed by atoms with E-state index in [0.717, 1.165) is 0 Å². The lowest BCUT2D eigenvalue weighted by molar-refractivity contribution is -0.122. The van der Waals surface area contributed by atoms with Crippen LogP contribution in [0.5, 0.6) is 11.5 Å². The van der Waals surface area contributed by atoms with Gasteiger partial charge in [0.05, 0.1) is 19.9 Å². The maximum absolute atomic E-state index is 13.0. The van der Waals surface area contributed by atoms with Crippen molar-refractivity contribution < 1.29 is 19.1 Å². The Morgan fingerprint density at radius 2 is 1.70 bits per heavy atom. The van der Waals surface area contributed by atoms with Crippen molar-refractivity contribution >= 4 is 56.8 Å². The van der Waals surface area contributed by atoms with Gasteiger partial charge < -0.3 is 9.47 Å². The van der Waals surface area contributed by atoms with Crippen LogP contribution in [-0.2, 0) is 9.59 Å². The molecule has 2 aromatic carbocycles. The van der Waals surface area contributed by atoms with Crippen LogP contribution in [0.2, 0.25) is 0 Å². The molecule has 6 nitrogen and oxygen atoms in total. The summed E-state index contributed by atoms with van der Waals surface area (Å²) in [6.45, 7) is 0. The predicted molar refractivity (Wildman–Crippen MR) is 110 cm³/mol. The summed E-state index contributed by atoms with van der Waals surface area (Å²) in [6.07, 6.45) is 1.49. The third-order valence-corrected chi connectivity index (χ3v) is 4.89. The highest BCUT2D eigenvalue weighted by atomic mass is 79.9. The van der Waals surface area contributed by atoms with Crippen LogP contribution in [0.25, 0.3) is 6.08 Å². The summed E-state index contributed by atoms with van der Waals surface area (Å²) in [7, 11) is 3.04. The molecule has 138 valence electrons. The average molecular weight is 447 g/mol. The monoisotopic (exact) mass is 446 g/mol. The van der Waals surface area contributed by atoms with Gasteiger partial charge in [-0.3, -0.25) is 19.8 Å². The number of carbonyl (C=O) groups is 2. The Morgan fingerprint density at radius 3 is 2.33 bits per heavy atom. The minimum atomic E-state index is -0.557. The van der Waals surface area contributed by atoms with E-state index in [-0.39, 0.29) is 10.7 Å². The number of hydrogen-bond donors (Lipinski definition) is 1. The first-order chi connectivity index (χ1) is 13.0. The number of carbonyl (C=O) groups excluding carboxylic acids is 2. The van der Waals surface area contributed by atoms with Gasteiger partial charge in [-0.2, -0.15) is 0 Å². The topological polar surface area (TPSA) is 67.9 Å². The van der Waals surface area contributed by atoms with Crippen LogP contribution in [0.4, 0.5) is 5.69 Å². The SMILES string of the molecule is COc1cc(Br)c(C=C2C(=O)NC(=S)N(c3ccccc3)C2=O)cc1OC. The summed E-state index contributed by atoms with van der Waals surface area (Å²) >= 11 is 8.61. The first-order valence-electron chi connectivity index (χ1n) is 7.84. The van der Waals surface area contributed by atoms with Crippen LogP contribution in [0.3, 0.4) is 0 Å². The molecule has 27 heavy (non-hydrogen) atoms. The smallest absolute Gasteiger partial charge is 0.270 e. The number of para-hydroxylation sites is 1. The number of nitrogens with zero attached hydrogens (tertiary/aromatic N) is 1. The fourth-order valence-corrected chi connectivity index (χ4v) is 3.32. The largest absolute Gasteiger partial charge is 0.493 e. The Bertz CT molecular complexity index is 960. The molecule has 0 saturated carbocycles. The Kier molecular flexibility index (Phi) is 5.57. The summed E-state index contributed by atoms with van der Waals surface area (Å²) in [6, 6.07) is 12.3. The van der Waals surface area contributed by atoms with Crippen molar-refractivity contribution in [3.8, 4) is 11.5 Å². The number of amides is 2. The Morgan fingerprint density at radius 1 is 1.07 bits per heavy atom. The van der Waals surface area contributed by atoms with Crippen molar-refractivity contribution in [3.63, 3.8) is 0 Å². The molecule has 1 heterocycles. The number of halogens is 1. The van der Waals surface area contributed by atoms with Gasteiger partial charge in [-0.15, -0.1) is 0 Å². The van der Waals surface area contributed by atoms with Gasteiger partial charge >= 0.3 is 0 Å². The van der Waals surface area contributed by atoms with Crippen LogP contribution in [0.15, 0.2) is 52.5 Å². The van der Waals surface area contributed by atoms with E-state index in [4.69, 9.17) is 21.7 Å². The standard InChI is InChI=1S/C19H15BrN2O4S/c1-25-15-9-11(14(20)10-16(15)26-2)8-13-17(23)21-19(27)22(18(13)24)12-6-4-3-5-7-12/h3-10H,1-2H3,(H,21,23,27). The summed E-state index contributed by atoms with van der Waals surface area (Å²) < 4.78 is 11.2. The fourth-order valence-electron chi connectivity index (χ4n) is 2.61. The number of thiocarbonyl (C=S) groups is 1. The third-order valence-electron chi connectivity index (χ3n) is 3.92. The summed E-state index contributed by atoms with van der Waals surface area (Å²) in [5, 5.41) is 2.60. The lowest BCUT2D eigenvalue weighted by Crippen LogP contribution is -2.54. The number of rotatable bonds is 4. The zero-order chi connectivity index (χ0) is 19.6. The third kappa shape index (κ3) is 3.72. The zero-order valence-electron chi connectivity index (χ0n) is 14.5. The van der Waals surface area contributed by atoms with E-state index < -0.39 is 11.8 Å². The van der Waals surface area contributed by atoms with Crippen LogP contribution in [0.1, 0.15) is 5.56 Å². The molecule has 0 unspecified atom stereocenters. The molecule has 2 amide bonds. The molecule has 0 radical (unpaired) electrons. The molecule has 3 rings (SSSR count). The van der Waals surface area contributed by atoms with E-state index >= 15 is 0 Å². The van der Waals surface area contributed by atoms with Gasteiger partial charge in [0, 0.05) is 4.47 Å².